The van der Waals surface area contributed by atoms with Crippen LogP contribution in [0.3, 0.4) is 0 Å². The van der Waals surface area contributed by atoms with Crippen molar-refractivity contribution in [2.45, 2.75) is 210 Å². The molecular formula is C42H77NO9. The molecule has 8 unspecified atom stereocenters. The lowest BCUT2D eigenvalue weighted by Gasteiger charge is -2.40. The Morgan fingerprint density at radius 1 is 0.654 bits per heavy atom. The Hall–Kier alpha value is -1.63. The molecule has 52 heavy (non-hydrogen) atoms. The number of amides is 1. The standard InChI is InChI=1S/C42H77NO9/c1-3-5-7-9-11-13-15-16-17-18-19-21-22-24-26-28-30-35(45)34(33-51-42-40(49)39(48)38(47)37(32-44)52-42)43-41(50)36(46)31-29-27-25-23-20-14-12-10-8-6-4-2/h16-17,21-22,28,30,34-40,42,44-49H,3-15,18-20,23-27,29,31-33H2,1-2H3,(H,43,50)/b17-16+,22-21+,30-28+. The lowest BCUT2D eigenvalue weighted by molar-refractivity contribution is -0.302. The maximum atomic E-state index is 13.0. The number of unbranched alkanes of at least 4 members (excludes halogenated alkanes) is 18. The van der Waals surface area contributed by atoms with Crippen molar-refractivity contribution < 1.29 is 44.9 Å². The van der Waals surface area contributed by atoms with Gasteiger partial charge in [0.05, 0.1) is 25.4 Å². The molecule has 0 aromatic heterocycles. The summed E-state index contributed by atoms with van der Waals surface area (Å²) in [5.74, 6) is -0.633. The van der Waals surface area contributed by atoms with Crippen molar-refractivity contribution in [1.29, 1.82) is 0 Å². The van der Waals surface area contributed by atoms with Crippen LogP contribution in [0.25, 0.3) is 0 Å². The average molecular weight is 740 g/mol. The van der Waals surface area contributed by atoms with Gasteiger partial charge in [-0.25, -0.2) is 0 Å². The number of rotatable bonds is 33. The molecule has 1 fully saturated rings. The number of carbonyl (C=O) groups is 1. The molecule has 1 rings (SSSR count). The summed E-state index contributed by atoms with van der Waals surface area (Å²) in [5, 5.41) is 64.3. The molecule has 1 aliphatic rings. The molecule has 0 saturated carbocycles. The second-order valence-corrected chi connectivity index (χ2v) is 14.6. The number of allylic oxidation sites excluding steroid dienone is 5. The van der Waals surface area contributed by atoms with Gasteiger partial charge in [-0.05, 0) is 44.9 Å². The van der Waals surface area contributed by atoms with Gasteiger partial charge in [-0.3, -0.25) is 4.79 Å². The fraction of sp³-hybridized carbons (Fsp3) is 0.833. The molecule has 8 atom stereocenters. The zero-order chi connectivity index (χ0) is 38.2. The van der Waals surface area contributed by atoms with Gasteiger partial charge in [-0.1, -0.05) is 153 Å². The zero-order valence-corrected chi connectivity index (χ0v) is 32.7. The molecule has 1 aliphatic heterocycles. The van der Waals surface area contributed by atoms with E-state index in [1.54, 1.807) is 6.08 Å². The van der Waals surface area contributed by atoms with Crippen LogP contribution in [-0.2, 0) is 14.3 Å². The van der Waals surface area contributed by atoms with Crippen molar-refractivity contribution in [3.63, 3.8) is 0 Å². The van der Waals surface area contributed by atoms with Gasteiger partial charge in [0.2, 0.25) is 5.91 Å². The van der Waals surface area contributed by atoms with Crippen molar-refractivity contribution in [3.8, 4) is 0 Å². The average Bonchev–Trinajstić information content (AvgIpc) is 3.14. The van der Waals surface area contributed by atoms with Crippen molar-refractivity contribution in [1.82, 2.24) is 5.32 Å². The van der Waals surface area contributed by atoms with Crippen LogP contribution in [0.1, 0.15) is 162 Å². The topological polar surface area (TPSA) is 169 Å². The largest absolute Gasteiger partial charge is 0.394 e. The number of aliphatic hydroxyl groups excluding tert-OH is 6. The number of hydrogen-bond acceptors (Lipinski definition) is 9. The third kappa shape index (κ3) is 23.2. The first kappa shape index (κ1) is 48.4. The number of aliphatic hydroxyl groups is 6. The maximum absolute atomic E-state index is 13.0. The summed E-state index contributed by atoms with van der Waals surface area (Å²) in [6.45, 7) is 3.54. The highest BCUT2D eigenvalue weighted by atomic mass is 16.7. The van der Waals surface area contributed by atoms with E-state index >= 15 is 0 Å². The van der Waals surface area contributed by atoms with Gasteiger partial charge in [0.25, 0.3) is 0 Å². The van der Waals surface area contributed by atoms with Crippen molar-refractivity contribution >= 4 is 5.91 Å². The molecule has 0 aliphatic carbocycles. The highest BCUT2D eigenvalue weighted by Gasteiger charge is 2.44. The van der Waals surface area contributed by atoms with E-state index in [1.165, 1.54) is 83.5 Å². The van der Waals surface area contributed by atoms with Gasteiger partial charge in [-0.15, -0.1) is 0 Å². The van der Waals surface area contributed by atoms with E-state index in [1.807, 2.05) is 6.08 Å². The van der Waals surface area contributed by atoms with Crippen molar-refractivity contribution in [3.05, 3.63) is 36.5 Å². The summed E-state index contributed by atoms with van der Waals surface area (Å²) < 4.78 is 11.1. The lowest BCUT2D eigenvalue weighted by Crippen LogP contribution is -2.60. The Morgan fingerprint density at radius 3 is 1.67 bits per heavy atom. The second-order valence-electron chi connectivity index (χ2n) is 14.6. The summed E-state index contributed by atoms with van der Waals surface area (Å²) in [6.07, 6.45) is 28.1. The van der Waals surface area contributed by atoms with Crippen LogP contribution in [0, 0.1) is 0 Å². The van der Waals surface area contributed by atoms with E-state index in [-0.39, 0.29) is 6.61 Å². The summed E-state index contributed by atoms with van der Waals surface area (Å²) in [7, 11) is 0. The molecule has 0 spiro atoms. The van der Waals surface area contributed by atoms with Crippen LogP contribution in [0.15, 0.2) is 36.5 Å². The third-order valence-corrected chi connectivity index (χ3v) is 9.80. The zero-order valence-electron chi connectivity index (χ0n) is 32.7. The van der Waals surface area contributed by atoms with Crippen LogP contribution in [0.2, 0.25) is 0 Å². The Labute approximate surface area is 315 Å². The fourth-order valence-electron chi connectivity index (χ4n) is 6.31. The Bertz CT molecular complexity index is 927. The van der Waals surface area contributed by atoms with Crippen molar-refractivity contribution in [2.75, 3.05) is 13.2 Å². The van der Waals surface area contributed by atoms with Crippen molar-refractivity contribution in [2.24, 2.45) is 0 Å². The molecule has 0 radical (unpaired) electrons. The minimum Gasteiger partial charge on any atom is -0.394 e. The third-order valence-electron chi connectivity index (χ3n) is 9.80. The van der Waals surface area contributed by atoms with E-state index in [9.17, 15) is 35.4 Å². The van der Waals surface area contributed by atoms with Gasteiger partial charge in [0.15, 0.2) is 6.29 Å². The summed E-state index contributed by atoms with van der Waals surface area (Å²) >= 11 is 0. The molecule has 0 aromatic carbocycles. The van der Waals surface area contributed by atoms with E-state index in [0.717, 1.165) is 44.9 Å². The molecule has 0 aromatic rings. The van der Waals surface area contributed by atoms with Gasteiger partial charge in [0.1, 0.15) is 30.5 Å². The Kier molecular flexibility index (Phi) is 30.5. The predicted octanol–water partition coefficient (Wildman–Crippen LogP) is 6.69. The highest BCUT2D eigenvalue weighted by molar-refractivity contribution is 5.80. The molecule has 10 heteroatoms. The number of hydrogen-bond donors (Lipinski definition) is 7. The maximum Gasteiger partial charge on any atom is 0.249 e. The quantitative estimate of drug-likeness (QED) is 0.0287. The second kappa shape index (κ2) is 32.8. The summed E-state index contributed by atoms with van der Waals surface area (Å²) in [5.41, 5.74) is 0. The van der Waals surface area contributed by atoms with E-state index in [0.29, 0.717) is 19.3 Å². The minimum absolute atomic E-state index is 0.302. The number of carbonyl (C=O) groups excluding carboxylic acids is 1. The molecule has 7 N–H and O–H groups in total. The molecule has 304 valence electrons. The number of nitrogens with one attached hydrogen (secondary N) is 1. The first-order valence-corrected chi connectivity index (χ1v) is 20.8. The van der Waals surface area contributed by atoms with Crippen LogP contribution in [0.5, 0.6) is 0 Å². The van der Waals surface area contributed by atoms with Gasteiger partial charge in [0, 0.05) is 0 Å². The first-order chi connectivity index (χ1) is 25.3. The van der Waals surface area contributed by atoms with Gasteiger partial charge >= 0.3 is 0 Å². The molecule has 1 saturated heterocycles. The molecule has 1 heterocycles. The molecule has 1 amide bonds. The van der Waals surface area contributed by atoms with E-state index < -0.39 is 61.5 Å². The predicted molar refractivity (Wildman–Crippen MR) is 209 cm³/mol. The monoisotopic (exact) mass is 740 g/mol. The SMILES string of the molecule is CCCCCCCC/C=C/CC/C=C/CC/C=C/C(O)C(COC1OC(CO)C(O)C(O)C1O)NC(=O)C(O)CCCCCCCCCCCCC. The lowest BCUT2D eigenvalue weighted by atomic mass is 9.99. The molecular weight excluding hydrogens is 662 g/mol. The first-order valence-electron chi connectivity index (χ1n) is 20.8. The normalized spacial score (nSPS) is 22.8. The van der Waals surface area contributed by atoms with E-state index in [4.69, 9.17) is 9.47 Å². The summed E-state index contributed by atoms with van der Waals surface area (Å²) in [4.78, 5) is 13.0. The molecule has 10 nitrogen and oxygen atoms in total. The van der Waals surface area contributed by atoms with E-state index in [2.05, 4.69) is 43.5 Å². The van der Waals surface area contributed by atoms with Crippen LogP contribution >= 0.6 is 0 Å². The Morgan fingerprint density at radius 2 is 1.13 bits per heavy atom. The smallest absolute Gasteiger partial charge is 0.249 e. The Balaban J connectivity index is 2.53. The van der Waals surface area contributed by atoms with Crippen LogP contribution < -0.4 is 5.32 Å². The highest BCUT2D eigenvalue weighted by Crippen LogP contribution is 2.22. The minimum atomic E-state index is -1.62. The van der Waals surface area contributed by atoms with Crippen LogP contribution in [0.4, 0.5) is 0 Å². The fourth-order valence-corrected chi connectivity index (χ4v) is 6.31. The van der Waals surface area contributed by atoms with Gasteiger partial charge < -0.3 is 45.4 Å². The molecule has 0 bridgehead atoms. The van der Waals surface area contributed by atoms with Crippen LogP contribution in [-0.4, -0.2) is 98.7 Å². The number of ether oxygens (including phenoxy) is 2. The summed E-state index contributed by atoms with van der Waals surface area (Å²) in [6, 6.07) is -0.998. The van der Waals surface area contributed by atoms with Gasteiger partial charge in [-0.2, -0.15) is 0 Å².